The van der Waals surface area contributed by atoms with E-state index in [9.17, 15) is 19.2 Å². The molecule has 0 aliphatic heterocycles. The van der Waals surface area contributed by atoms with E-state index in [4.69, 9.17) is 12.3 Å². The molecule has 0 saturated carbocycles. The molecule has 0 aromatic carbocycles. The van der Waals surface area contributed by atoms with Gasteiger partial charge in [0.1, 0.15) is 0 Å². The molecule has 0 bridgehead atoms. The van der Waals surface area contributed by atoms with Crippen molar-refractivity contribution >= 4 is 62.3 Å². The Labute approximate surface area is 293 Å². The van der Waals surface area contributed by atoms with Gasteiger partial charge < -0.3 is 0 Å². The van der Waals surface area contributed by atoms with E-state index in [2.05, 4.69) is 55.4 Å². The molecule has 0 amide bonds. The third kappa shape index (κ3) is 22.2. The van der Waals surface area contributed by atoms with E-state index in [-0.39, 0.29) is 35.7 Å². The van der Waals surface area contributed by atoms with E-state index in [0.717, 1.165) is 120 Å². The van der Waals surface area contributed by atoms with Gasteiger partial charge in [0.15, 0.2) is 0 Å². The number of unbranched alkanes of at least 4 members (excludes halogenated alkanes) is 6. The summed E-state index contributed by atoms with van der Waals surface area (Å²) >= 11 is -7.31. The molecule has 0 radical (unpaired) electrons. The molecule has 0 fully saturated rings. The molecule has 0 saturated heterocycles. The summed E-state index contributed by atoms with van der Waals surface area (Å²) in [6.07, 6.45) is 15.5. The van der Waals surface area contributed by atoms with Gasteiger partial charge in [-0.05, 0) is 0 Å². The van der Waals surface area contributed by atoms with Crippen molar-refractivity contribution in [3.05, 3.63) is 0 Å². The number of rotatable bonds is 26. The maximum atomic E-state index is 13.1. The van der Waals surface area contributed by atoms with Crippen LogP contribution in [0.1, 0.15) is 172 Å². The van der Waals surface area contributed by atoms with Crippen molar-refractivity contribution in [1.29, 1.82) is 0 Å². The van der Waals surface area contributed by atoms with Gasteiger partial charge >= 0.3 is 295 Å². The fourth-order valence-electron chi connectivity index (χ4n) is 5.42. The van der Waals surface area contributed by atoms with Crippen molar-refractivity contribution in [2.24, 2.45) is 11.8 Å². The molecule has 2 unspecified atom stereocenters. The topological polar surface area (TPSA) is 105 Å². The summed E-state index contributed by atoms with van der Waals surface area (Å²) in [6.45, 7) is 19.6. The second-order valence-electron chi connectivity index (χ2n) is 12.8. The second kappa shape index (κ2) is 29.4. The molecule has 8 nitrogen and oxygen atoms in total. The molecule has 2 atom stereocenters. The van der Waals surface area contributed by atoms with Gasteiger partial charge in [-0.25, -0.2) is 0 Å². The summed E-state index contributed by atoms with van der Waals surface area (Å²) in [5.74, 6) is -0.940. The van der Waals surface area contributed by atoms with E-state index in [1.54, 1.807) is 0 Å². The number of carbonyl (C=O) groups is 4. The van der Waals surface area contributed by atoms with Gasteiger partial charge in [-0.3, -0.25) is 0 Å². The summed E-state index contributed by atoms with van der Waals surface area (Å²) in [7, 11) is 0. The van der Waals surface area contributed by atoms with Gasteiger partial charge in [0.2, 0.25) is 0 Å². The van der Waals surface area contributed by atoms with Crippen LogP contribution in [0.25, 0.3) is 0 Å². The summed E-state index contributed by atoms with van der Waals surface area (Å²) in [4.78, 5) is 48.5. The minimum atomic E-state index is -3.82. The Morgan fingerprint density at radius 3 is 0.913 bits per heavy atom. The van der Waals surface area contributed by atoms with Gasteiger partial charge in [0.05, 0.1) is 0 Å². The maximum absolute atomic E-state index is 13.1. The minimum absolute atomic E-state index is 0.0601. The van der Waals surface area contributed by atoms with Gasteiger partial charge in [-0.2, -0.15) is 0 Å². The molecular formula is C36H72O8Sn2. The molecule has 0 rings (SSSR count). The van der Waals surface area contributed by atoms with E-state index in [0.29, 0.717) is 0 Å². The Balaban J connectivity index is 0. The van der Waals surface area contributed by atoms with Crippen LogP contribution in [0.15, 0.2) is 0 Å². The second-order valence-corrected chi connectivity index (χ2v) is 31.2. The van der Waals surface area contributed by atoms with Crippen LogP contribution in [-0.2, 0) is 31.5 Å². The van der Waals surface area contributed by atoms with Crippen LogP contribution in [0.2, 0.25) is 17.7 Å². The van der Waals surface area contributed by atoms with Crippen LogP contribution in [0, 0.1) is 11.8 Å². The van der Waals surface area contributed by atoms with E-state index in [1.165, 1.54) is 13.8 Å². The molecule has 0 aromatic heterocycles. The van der Waals surface area contributed by atoms with Crippen molar-refractivity contribution in [3.63, 3.8) is 0 Å². The third-order valence-corrected chi connectivity index (χ3v) is 28.1. The first-order chi connectivity index (χ1) is 21.9. The normalized spacial score (nSPS) is 12.7. The standard InChI is InChI=1S/2C8H16O2.4C4H9.2C2H4O2.2Sn/c2*1-3-5-6-7(4-2)8(9)10;4*1-3-4-2;2*1-2(3)4;;/h2*7H,3-6H2,1-2H3,(H,9,10);4*1,3-4H2,2H3;2*1H3,(H,3,4);;/q;;;;;;;;2*+2/p-4. The van der Waals surface area contributed by atoms with Gasteiger partial charge in [0, 0.05) is 0 Å². The van der Waals surface area contributed by atoms with E-state index < -0.39 is 38.4 Å². The molecule has 0 aliphatic rings. The Morgan fingerprint density at radius 1 is 0.435 bits per heavy atom. The molecule has 0 heterocycles. The zero-order chi connectivity index (χ0) is 35.4. The number of hydrogen-bond acceptors (Lipinski definition) is 8. The Hall–Kier alpha value is -0.523. The Bertz CT molecular complexity index is 754. The van der Waals surface area contributed by atoms with Crippen LogP contribution in [0.4, 0.5) is 0 Å². The molecule has 0 N–H and O–H groups in total. The first-order valence-corrected chi connectivity index (χ1v) is 31.5. The van der Waals surface area contributed by atoms with Crippen LogP contribution >= 0.6 is 0 Å². The van der Waals surface area contributed by atoms with Crippen LogP contribution in [0.3, 0.4) is 0 Å². The first-order valence-electron chi connectivity index (χ1n) is 18.7. The molecular weight excluding hydrogens is 798 g/mol. The van der Waals surface area contributed by atoms with Crippen LogP contribution < -0.4 is 0 Å². The van der Waals surface area contributed by atoms with Gasteiger partial charge in [-0.1, -0.05) is 0 Å². The Kier molecular flexibility index (Phi) is 30.4. The number of hydrogen-bond donors (Lipinski definition) is 0. The van der Waals surface area contributed by atoms with Crippen molar-refractivity contribution in [1.82, 2.24) is 0 Å². The van der Waals surface area contributed by atoms with Crippen molar-refractivity contribution in [2.45, 2.75) is 190 Å². The molecule has 10 heteroatoms. The molecule has 0 spiro atoms. The predicted octanol–water partition coefficient (Wildman–Crippen LogP) is 10.7. The van der Waals surface area contributed by atoms with E-state index >= 15 is 0 Å². The molecule has 0 aliphatic carbocycles. The third-order valence-electron chi connectivity index (χ3n) is 8.34. The van der Waals surface area contributed by atoms with Gasteiger partial charge in [0.25, 0.3) is 0 Å². The van der Waals surface area contributed by atoms with Crippen molar-refractivity contribution in [3.8, 4) is 0 Å². The van der Waals surface area contributed by atoms with Crippen LogP contribution in [-0.4, -0.2) is 62.3 Å². The summed E-state index contributed by atoms with van der Waals surface area (Å²) < 4.78 is 26.7. The fourth-order valence-corrected chi connectivity index (χ4v) is 25.6. The summed E-state index contributed by atoms with van der Waals surface area (Å²) in [5, 5.41) is 0. The molecule has 272 valence electrons. The quantitative estimate of drug-likeness (QED) is 0.0792. The zero-order valence-electron chi connectivity index (χ0n) is 31.6. The van der Waals surface area contributed by atoms with E-state index in [1.807, 2.05) is 0 Å². The monoisotopic (exact) mass is 872 g/mol. The Morgan fingerprint density at radius 2 is 0.696 bits per heavy atom. The average molecular weight is 870 g/mol. The first kappa shape index (κ1) is 47.6. The SMILES string of the molecule is CCCCC(CC)C(=O)[O][Sn]([CH2]CCC)([CH2]CCC)[O]C(=O)C(CC)CCCC.CCC[CH2][Sn]([CH2]CCC)([O]C(C)=O)[O]C(C)=O. The fraction of sp³-hybridized carbons (Fsp3) is 0.889. The van der Waals surface area contributed by atoms with Crippen LogP contribution in [0.5, 0.6) is 0 Å². The summed E-state index contributed by atoms with van der Waals surface area (Å²) in [5.41, 5.74) is 0. The summed E-state index contributed by atoms with van der Waals surface area (Å²) in [6, 6.07) is 0. The molecule has 0 aromatic rings. The zero-order valence-corrected chi connectivity index (χ0v) is 37.3. The molecule has 46 heavy (non-hydrogen) atoms. The predicted molar refractivity (Wildman–Crippen MR) is 193 cm³/mol. The van der Waals surface area contributed by atoms with Crippen molar-refractivity contribution < 1.29 is 31.5 Å². The average Bonchev–Trinajstić information content (AvgIpc) is 3.01. The van der Waals surface area contributed by atoms with Crippen molar-refractivity contribution in [2.75, 3.05) is 0 Å². The number of carbonyl (C=O) groups excluding carboxylic acids is 4. The van der Waals surface area contributed by atoms with Gasteiger partial charge in [-0.15, -0.1) is 0 Å².